The first kappa shape index (κ1) is 25.2. The van der Waals surface area contributed by atoms with E-state index in [1.54, 1.807) is 37.3 Å². The number of carbonyl (C=O) groups is 1. The van der Waals surface area contributed by atoms with E-state index in [1.165, 1.54) is 12.1 Å². The molecule has 0 heterocycles. The number of sulfone groups is 1. The van der Waals surface area contributed by atoms with Crippen molar-refractivity contribution >= 4 is 33.0 Å². The summed E-state index contributed by atoms with van der Waals surface area (Å²) in [5, 5.41) is 12.3. The average Bonchev–Trinajstić information content (AvgIpc) is 2.77. The summed E-state index contributed by atoms with van der Waals surface area (Å²) < 4.78 is 30.3. The number of amides is 1. The molecular weight excluding hydrogens is 474 g/mol. The van der Waals surface area contributed by atoms with E-state index < -0.39 is 9.84 Å². The van der Waals surface area contributed by atoms with Gasteiger partial charge < -0.3 is 15.8 Å². The van der Waals surface area contributed by atoms with Crippen molar-refractivity contribution in [2.75, 3.05) is 17.6 Å². The predicted molar refractivity (Wildman–Crippen MR) is 132 cm³/mol. The Morgan fingerprint density at radius 1 is 1.09 bits per heavy atom. The van der Waals surface area contributed by atoms with Crippen molar-refractivity contribution in [1.82, 2.24) is 0 Å². The van der Waals surface area contributed by atoms with Crippen LogP contribution in [0, 0.1) is 25.2 Å². The smallest absolute Gasteiger partial charge is 0.228 e. The van der Waals surface area contributed by atoms with Crippen molar-refractivity contribution in [3.05, 3.63) is 81.9 Å². The summed E-state index contributed by atoms with van der Waals surface area (Å²) in [5.41, 5.74) is 8.50. The molecule has 0 saturated heterocycles. The number of rotatable bonds is 8. The zero-order valence-electron chi connectivity index (χ0n) is 18.8. The molecule has 34 heavy (non-hydrogen) atoms. The molecule has 0 aromatic heterocycles. The fourth-order valence-corrected chi connectivity index (χ4v) is 4.70. The number of nitrogens with two attached hydrogens (primary N) is 1. The summed E-state index contributed by atoms with van der Waals surface area (Å²) in [6.45, 7) is 3.65. The van der Waals surface area contributed by atoms with Crippen molar-refractivity contribution < 1.29 is 17.9 Å². The van der Waals surface area contributed by atoms with Crippen LogP contribution in [0.1, 0.15) is 22.3 Å². The highest BCUT2D eigenvalue weighted by Crippen LogP contribution is 2.29. The van der Waals surface area contributed by atoms with Gasteiger partial charge in [-0.1, -0.05) is 23.7 Å². The Hall–Kier alpha value is -3.38. The molecule has 3 aromatic rings. The van der Waals surface area contributed by atoms with Crippen LogP contribution in [-0.4, -0.2) is 26.6 Å². The summed E-state index contributed by atoms with van der Waals surface area (Å²) in [4.78, 5) is 12.8. The van der Waals surface area contributed by atoms with Gasteiger partial charge in [-0.3, -0.25) is 4.79 Å². The van der Waals surface area contributed by atoms with Crippen LogP contribution >= 0.6 is 11.6 Å². The van der Waals surface area contributed by atoms with E-state index in [0.29, 0.717) is 33.3 Å². The van der Waals surface area contributed by atoms with E-state index in [0.717, 1.165) is 11.1 Å². The molecule has 0 fully saturated rings. The van der Waals surface area contributed by atoms with Crippen molar-refractivity contribution in [1.29, 1.82) is 5.26 Å². The second-order valence-electron chi connectivity index (χ2n) is 7.80. The van der Waals surface area contributed by atoms with Crippen LogP contribution in [-0.2, 0) is 21.1 Å². The molecule has 3 aromatic carbocycles. The third-order valence-electron chi connectivity index (χ3n) is 5.06. The molecule has 7 nitrogen and oxygen atoms in total. The maximum atomic E-state index is 12.7. The molecule has 0 spiro atoms. The first-order chi connectivity index (χ1) is 16.1. The Morgan fingerprint density at radius 2 is 1.85 bits per heavy atom. The van der Waals surface area contributed by atoms with Gasteiger partial charge in [0.1, 0.15) is 11.5 Å². The fraction of sp³-hybridized carbons (Fsp3) is 0.200. The maximum Gasteiger partial charge on any atom is 0.228 e. The summed E-state index contributed by atoms with van der Waals surface area (Å²) in [7, 11) is -3.45. The molecule has 176 valence electrons. The molecule has 0 saturated carbocycles. The van der Waals surface area contributed by atoms with Gasteiger partial charge in [0.15, 0.2) is 9.84 Å². The molecule has 0 bridgehead atoms. The van der Waals surface area contributed by atoms with Crippen molar-refractivity contribution in [2.24, 2.45) is 5.73 Å². The molecule has 3 rings (SSSR count). The molecule has 9 heteroatoms. The van der Waals surface area contributed by atoms with Gasteiger partial charge in [-0.05, 0) is 73.0 Å². The van der Waals surface area contributed by atoms with Crippen LogP contribution in [0.3, 0.4) is 0 Å². The standard InChI is InChI=1S/C25H24ClN3O4S/c1-16-3-4-18(12-24(16)33-21-11-19(15-28)10-20(26)14-21)13-25(30)29-23-6-5-22(9-17(23)2)34(31,32)8-7-27/h3-6,9-12,14H,7-8,13,27H2,1-2H3,(H,29,30). The quantitative estimate of drug-likeness (QED) is 0.471. The summed E-state index contributed by atoms with van der Waals surface area (Å²) in [6, 6.07) is 16.8. The van der Waals surface area contributed by atoms with Crippen LogP contribution in [0.4, 0.5) is 5.69 Å². The van der Waals surface area contributed by atoms with Gasteiger partial charge in [0.05, 0.1) is 28.7 Å². The van der Waals surface area contributed by atoms with Gasteiger partial charge in [-0.25, -0.2) is 8.42 Å². The Labute approximate surface area is 204 Å². The summed E-state index contributed by atoms with van der Waals surface area (Å²) in [5.74, 6) is 0.573. The number of anilines is 1. The van der Waals surface area contributed by atoms with E-state index in [1.807, 2.05) is 25.1 Å². The second kappa shape index (κ2) is 10.7. The second-order valence-corrected chi connectivity index (χ2v) is 10.3. The highest BCUT2D eigenvalue weighted by atomic mass is 35.5. The largest absolute Gasteiger partial charge is 0.457 e. The van der Waals surface area contributed by atoms with Gasteiger partial charge in [-0.2, -0.15) is 5.26 Å². The number of carbonyl (C=O) groups excluding carboxylic acids is 1. The minimum Gasteiger partial charge on any atom is -0.457 e. The van der Waals surface area contributed by atoms with Crippen LogP contribution in [0.2, 0.25) is 5.02 Å². The topological polar surface area (TPSA) is 122 Å². The number of nitrogens with zero attached hydrogens (tertiary/aromatic N) is 1. The van der Waals surface area contributed by atoms with E-state index in [2.05, 4.69) is 5.32 Å². The van der Waals surface area contributed by atoms with Gasteiger partial charge in [0.25, 0.3) is 0 Å². The van der Waals surface area contributed by atoms with Crippen LogP contribution in [0.5, 0.6) is 11.5 Å². The van der Waals surface area contributed by atoms with E-state index in [4.69, 9.17) is 27.3 Å². The minimum atomic E-state index is -3.45. The van der Waals surface area contributed by atoms with Gasteiger partial charge >= 0.3 is 0 Å². The normalized spacial score (nSPS) is 11.0. The number of hydrogen-bond acceptors (Lipinski definition) is 6. The fourth-order valence-electron chi connectivity index (χ4n) is 3.30. The Morgan fingerprint density at radius 3 is 2.53 bits per heavy atom. The molecule has 0 unspecified atom stereocenters. The van der Waals surface area contributed by atoms with E-state index >= 15 is 0 Å². The lowest BCUT2D eigenvalue weighted by molar-refractivity contribution is -0.115. The van der Waals surface area contributed by atoms with Crippen molar-refractivity contribution in [3.8, 4) is 17.6 Å². The van der Waals surface area contributed by atoms with Gasteiger partial charge in [-0.15, -0.1) is 0 Å². The van der Waals surface area contributed by atoms with Gasteiger partial charge in [0, 0.05) is 17.3 Å². The van der Waals surface area contributed by atoms with Crippen LogP contribution in [0.15, 0.2) is 59.5 Å². The number of nitrogens with one attached hydrogen (secondary N) is 1. The summed E-state index contributed by atoms with van der Waals surface area (Å²) >= 11 is 6.05. The molecule has 0 aliphatic carbocycles. The number of halogens is 1. The molecular formula is C25H24ClN3O4S. The molecule has 0 radical (unpaired) electrons. The zero-order chi connectivity index (χ0) is 24.9. The van der Waals surface area contributed by atoms with Crippen LogP contribution in [0.25, 0.3) is 0 Å². The lowest BCUT2D eigenvalue weighted by Crippen LogP contribution is -2.17. The average molecular weight is 498 g/mol. The predicted octanol–water partition coefficient (Wildman–Crippen LogP) is 4.53. The van der Waals surface area contributed by atoms with E-state index in [9.17, 15) is 13.2 Å². The molecule has 0 aliphatic heterocycles. The monoisotopic (exact) mass is 497 g/mol. The lowest BCUT2D eigenvalue weighted by Gasteiger charge is -2.13. The third kappa shape index (κ3) is 6.35. The number of ether oxygens (including phenoxy) is 1. The highest BCUT2D eigenvalue weighted by molar-refractivity contribution is 7.91. The molecule has 0 aliphatic rings. The lowest BCUT2D eigenvalue weighted by atomic mass is 10.1. The number of nitriles is 1. The first-order valence-corrected chi connectivity index (χ1v) is 12.5. The Balaban J connectivity index is 1.74. The maximum absolute atomic E-state index is 12.7. The number of benzene rings is 3. The molecule has 0 atom stereocenters. The number of hydrogen-bond donors (Lipinski definition) is 2. The van der Waals surface area contributed by atoms with Crippen LogP contribution < -0.4 is 15.8 Å². The Bertz CT molecular complexity index is 1380. The number of aryl methyl sites for hydroxylation is 2. The zero-order valence-corrected chi connectivity index (χ0v) is 20.3. The van der Waals surface area contributed by atoms with E-state index in [-0.39, 0.29) is 29.5 Å². The first-order valence-electron chi connectivity index (χ1n) is 10.4. The molecule has 1 amide bonds. The van der Waals surface area contributed by atoms with Crippen molar-refractivity contribution in [2.45, 2.75) is 25.2 Å². The van der Waals surface area contributed by atoms with Gasteiger partial charge in [0.2, 0.25) is 5.91 Å². The third-order valence-corrected chi connectivity index (χ3v) is 7.03. The Kier molecular flexibility index (Phi) is 7.94. The minimum absolute atomic E-state index is 0.0406. The molecule has 3 N–H and O–H groups in total. The highest BCUT2D eigenvalue weighted by Gasteiger charge is 2.15. The summed E-state index contributed by atoms with van der Waals surface area (Å²) in [6.07, 6.45) is 0.0856. The van der Waals surface area contributed by atoms with Crippen molar-refractivity contribution in [3.63, 3.8) is 0 Å². The SMILES string of the molecule is Cc1cc(S(=O)(=O)CCN)ccc1NC(=O)Cc1ccc(C)c(Oc2cc(Cl)cc(C#N)c2)c1.